The number of likely N-dealkylation sites (tertiary alicyclic amines) is 1. The molecule has 1 aliphatic rings. The summed E-state index contributed by atoms with van der Waals surface area (Å²) in [6.07, 6.45) is 2.72. The summed E-state index contributed by atoms with van der Waals surface area (Å²) in [7, 11) is 2.15. The number of nitrogens with two attached hydrogens (primary N) is 1. The molecule has 3 nitrogen and oxygen atoms in total. The highest BCUT2D eigenvalue weighted by Crippen LogP contribution is 2.21. The van der Waals surface area contributed by atoms with Gasteiger partial charge in [-0.05, 0) is 56.6 Å². The summed E-state index contributed by atoms with van der Waals surface area (Å²) in [6, 6.07) is 8.38. The van der Waals surface area contributed by atoms with Crippen LogP contribution in [0, 0.1) is 0 Å². The predicted octanol–water partition coefficient (Wildman–Crippen LogP) is 2.22. The van der Waals surface area contributed by atoms with E-state index in [1.807, 2.05) is 0 Å². The molecule has 2 rings (SSSR count). The molecule has 1 fully saturated rings. The van der Waals surface area contributed by atoms with Crippen molar-refractivity contribution < 1.29 is 4.74 Å². The molecule has 0 radical (unpaired) electrons. The zero-order valence-electron chi connectivity index (χ0n) is 11.4. The third-order valence-corrected chi connectivity index (χ3v) is 3.69. The molecule has 1 aromatic carbocycles. The summed E-state index contributed by atoms with van der Waals surface area (Å²) in [5.41, 5.74) is 6.95. The normalized spacial score (nSPS) is 22.7. The van der Waals surface area contributed by atoms with Gasteiger partial charge in [-0.2, -0.15) is 0 Å². The molecule has 1 aromatic rings. The third kappa shape index (κ3) is 3.47. The lowest BCUT2D eigenvalue weighted by atomic mass is 10.0. The average Bonchev–Trinajstić information content (AvgIpc) is 2.39. The van der Waals surface area contributed by atoms with Gasteiger partial charge in [-0.3, -0.25) is 0 Å². The van der Waals surface area contributed by atoms with E-state index in [4.69, 9.17) is 10.5 Å². The number of nitrogens with zero attached hydrogens (tertiary/aromatic N) is 1. The molecular weight excluding hydrogens is 224 g/mol. The minimum absolute atomic E-state index is 0.335. The molecule has 3 heteroatoms. The van der Waals surface area contributed by atoms with E-state index in [2.05, 4.69) is 43.1 Å². The number of piperidine rings is 1. The minimum Gasteiger partial charge on any atom is -0.489 e. The molecule has 1 saturated heterocycles. The molecule has 0 amide bonds. The second-order valence-corrected chi connectivity index (χ2v) is 5.35. The lowest BCUT2D eigenvalue weighted by Crippen LogP contribution is -2.38. The van der Waals surface area contributed by atoms with Crippen LogP contribution < -0.4 is 10.5 Å². The molecule has 0 aliphatic carbocycles. The lowest BCUT2D eigenvalue weighted by Gasteiger charge is -2.30. The highest BCUT2D eigenvalue weighted by Gasteiger charge is 2.18. The van der Waals surface area contributed by atoms with E-state index in [0.29, 0.717) is 18.6 Å². The smallest absolute Gasteiger partial charge is 0.119 e. The lowest BCUT2D eigenvalue weighted by molar-refractivity contribution is 0.104. The van der Waals surface area contributed by atoms with Gasteiger partial charge in [0.15, 0.2) is 0 Å². The van der Waals surface area contributed by atoms with Crippen LogP contribution in [0.3, 0.4) is 0 Å². The van der Waals surface area contributed by atoms with Gasteiger partial charge >= 0.3 is 0 Å². The molecule has 2 atom stereocenters. The van der Waals surface area contributed by atoms with Crippen molar-refractivity contribution >= 4 is 0 Å². The Kier molecular flexibility index (Phi) is 4.61. The zero-order valence-corrected chi connectivity index (χ0v) is 11.4. The standard InChI is InChI=1S/C15H24N2O/c1-12(10-16)13-5-7-14(8-6-13)18-15-4-3-9-17(2)11-15/h5-8,12,15H,3-4,9-11,16H2,1-2H3. The first kappa shape index (κ1) is 13.4. The summed E-state index contributed by atoms with van der Waals surface area (Å²) < 4.78 is 6.02. The Balaban J connectivity index is 1.93. The van der Waals surface area contributed by atoms with E-state index >= 15 is 0 Å². The molecule has 0 aromatic heterocycles. The molecule has 18 heavy (non-hydrogen) atoms. The summed E-state index contributed by atoms with van der Waals surface area (Å²) in [4.78, 5) is 2.33. The Morgan fingerprint density at radius 2 is 2.11 bits per heavy atom. The van der Waals surface area contributed by atoms with Crippen molar-refractivity contribution in [1.82, 2.24) is 4.90 Å². The second kappa shape index (κ2) is 6.21. The third-order valence-electron chi connectivity index (χ3n) is 3.69. The second-order valence-electron chi connectivity index (χ2n) is 5.35. The molecule has 0 saturated carbocycles. The van der Waals surface area contributed by atoms with Crippen molar-refractivity contribution in [2.24, 2.45) is 5.73 Å². The molecule has 0 bridgehead atoms. The number of benzene rings is 1. The van der Waals surface area contributed by atoms with E-state index in [0.717, 1.165) is 18.7 Å². The van der Waals surface area contributed by atoms with Crippen molar-refractivity contribution in [3.05, 3.63) is 29.8 Å². The summed E-state index contributed by atoms with van der Waals surface area (Å²) >= 11 is 0. The first-order valence-corrected chi connectivity index (χ1v) is 6.84. The summed E-state index contributed by atoms with van der Waals surface area (Å²) in [5, 5.41) is 0. The Labute approximate surface area is 110 Å². The maximum Gasteiger partial charge on any atom is 0.119 e. The zero-order chi connectivity index (χ0) is 13.0. The fourth-order valence-electron chi connectivity index (χ4n) is 2.42. The molecule has 2 unspecified atom stereocenters. The van der Waals surface area contributed by atoms with Gasteiger partial charge in [-0.15, -0.1) is 0 Å². The summed E-state index contributed by atoms with van der Waals surface area (Å²) in [5.74, 6) is 1.39. The predicted molar refractivity (Wildman–Crippen MR) is 75.1 cm³/mol. The Morgan fingerprint density at radius 3 is 2.72 bits per heavy atom. The first-order chi connectivity index (χ1) is 8.69. The van der Waals surface area contributed by atoms with E-state index in [-0.39, 0.29) is 0 Å². The highest BCUT2D eigenvalue weighted by molar-refractivity contribution is 5.29. The van der Waals surface area contributed by atoms with Gasteiger partial charge in [0.25, 0.3) is 0 Å². The average molecular weight is 248 g/mol. The van der Waals surface area contributed by atoms with Gasteiger partial charge in [0.1, 0.15) is 11.9 Å². The van der Waals surface area contributed by atoms with Gasteiger partial charge in [-0.1, -0.05) is 19.1 Å². The Morgan fingerprint density at radius 1 is 1.39 bits per heavy atom. The van der Waals surface area contributed by atoms with E-state index in [1.54, 1.807) is 0 Å². The quantitative estimate of drug-likeness (QED) is 0.888. The van der Waals surface area contributed by atoms with E-state index in [9.17, 15) is 0 Å². The fraction of sp³-hybridized carbons (Fsp3) is 0.600. The Bertz CT molecular complexity index is 363. The number of hydrogen-bond donors (Lipinski definition) is 1. The Hall–Kier alpha value is -1.06. The molecule has 1 aliphatic heterocycles. The topological polar surface area (TPSA) is 38.5 Å². The number of hydrogen-bond acceptors (Lipinski definition) is 3. The highest BCUT2D eigenvalue weighted by atomic mass is 16.5. The van der Waals surface area contributed by atoms with Gasteiger partial charge in [0.05, 0.1) is 0 Å². The van der Waals surface area contributed by atoms with Crippen molar-refractivity contribution in [1.29, 1.82) is 0 Å². The minimum atomic E-state index is 0.335. The summed E-state index contributed by atoms with van der Waals surface area (Å²) in [6.45, 7) is 5.05. The van der Waals surface area contributed by atoms with Crippen LogP contribution in [0.4, 0.5) is 0 Å². The van der Waals surface area contributed by atoms with Gasteiger partial charge < -0.3 is 15.4 Å². The number of likely N-dealkylation sites (N-methyl/N-ethyl adjacent to an activating group) is 1. The van der Waals surface area contributed by atoms with Crippen LogP contribution in [0.5, 0.6) is 5.75 Å². The fourth-order valence-corrected chi connectivity index (χ4v) is 2.42. The van der Waals surface area contributed by atoms with Crippen LogP contribution >= 0.6 is 0 Å². The van der Waals surface area contributed by atoms with Crippen LogP contribution in [0.15, 0.2) is 24.3 Å². The maximum atomic E-state index is 6.02. The van der Waals surface area contributed by atoms with E-state index < -0.39 is 0 Å². The molecular formula is C15H24N2O. The number of rotatable bonds is 4. The van der Waals surface area contributed by atoms with Crippen molar-refractivity contribution in [3.8, 4) is 5.75 Å². The maximum absolute atomic E-state index is 6.02. The van der Waals surface area contributed by atoms with Crippen molar-refractivity contribution in [3.63, 3.8) is 0 Å². The largest absolute Gasteiger partial charge is 0.489 e. The molecule has 1 heterocycles. The molecule has 0 spiro atoms. The van der Waals surface area contributed by atoms with Crippen molar-refractivity contribution in [2.75, 3.05) is 26.7 Å². The van der Waals surface area contributed by atoms with Crippen LogP contribution in [0.25, 0.3) is 0 Å². The molecule has 100 valence electrons. The van der Waals surface area contributed by atoms with Crippen LogP contribution in [0.2, 0.25) is 0 Å². The van der Waals surface area contributed by atoms with Gasteiger partial charge in [0.2, 0.25) is 0 Å². The van der Waals surface area contributed by atoms with Crippen molar-refractivity contribution in [2.45, 2.75) is 31.8 Å². The first-order valence-electron chi connectivity index (χ1n) is 6.84. The number of ether oxygens (including phenoxy) is 1. The monoisotopic (exact) mass is 248 g/mol. The van der Waals surface area contributed by atoms with Gasteiger partial charge in [-0.25, -0.2) is 0 Å². The van der Waals surface area contributed by atoms with Crippen LogP contribution in [-0.4, -0.2) is 37.7 Å². The molecule has 2 N–H and O–H groups in total. The van der Waals surface area contributed by atoms with Crippen LogP contribution in [0.1, 0.15) is 31.2 Å². The van der Waals surface area contributed by atoms with E-state index in [1.165, 1.54) is 18.5 Å². The van der Waals surface area contributed by atoms with Crippen LogP contribution in [-0.2, 0) is 0 Å². The van der Waals surface area contributed by atoms with Gasteiger partial charge in [0, 0.05) is 6.54 Å². The SMILES string of the molecule is CC(CN)c1ccc(OC2CCCN(C)C2)cc1.